The fourth-order valence-electron chi connectivity index (χ4n) is 3.18. The summed E-state index contributed by atoms with van der Waals surface area (Å²) in [5.74, 6) is 0.739. The van der Waals surface area contributed by atoms with Crippen molar-refractivity contribution in [2.45, 2.75) is 46.1 Å². The maximum Gasteiger partial charge on any atom is 0.181 e. The van der Waals surface area contributed by atoms with E-state index in [4.69, 9.17) is 9.72 Å². The largest absolute Gasteiger partial charge is 0.484 e. The van der Waals surface area contributed by atoms with Crippen LogP contribution in [0.25, 0.3) is 11.3 Å². The van der Waals surface area contributed by atoms with Crippen LogP contribution < -0.4 is 4.74 Å². The number of benzene rings is 2. The highest BCUT2D eigenvalue weighted by molar-refractivity contribution is 5.94. The number of aryl methyl sites for hydroxylation is 1. The first-order valence-electron chi connectivity index (χ1n) is 10.0. The molecule has 2 aromatic carbocycles. The molecule has 3 aromatic rings. The lowest BCUT2D eigenvalue weighted by Gasteiger charge is -2.20. The second kappa shape index (κ2) is 9.37. The number of pyridine rings is 1. The van der Waals surface area contributed by atoms with Gasteiger partial charge in [-0.05, 0) is 57.0 Å². The molecule has 1 atom stereocenters. The van der Waals surface area contributed by atoms with Gasteiger partial charge >= 0.3 is 0 Å². The Bertz CT molecular complexity index is 980. The number of carbonyl (C=O) groups excluding carboxylic acids is 1. The van der Waals surface area contributed by atoms with Gasteiger partial charge in [0.15, 0.2) is 11.5 Å². The van der Waals surface area contributed by atoms with Gasteiger partial charge in [-0.3, -0.25) is 9.90 Å². The maximum absolute atomic E-state index is 11.7. The molecule has 0 amide bonds. The zero-order valence-electron chi connectivity index (χ0n) is 17.1. The van der Waals surface area contributed by atoms with Crippen LogP contribution in [-0.4, -0.2) is 10.8 Å². The number of hydrogen-bond acceptors (Lipinski definition) is 3. The quantitative estimate of drug-likeness (QED) is 0.403. The lowest BCUT2D eigenvalue weighted by atomic mass is 10.0. The van der Waals surface area contributed by atoms with Gasteiger partial charge in [-0.15, -0.1) is 0 Å². The van der Waals surface area contributed by atoms with Gasteiger partial charge in [0.25, 0.3) is 0 Å². The van der Waals surface area contributed by atoms with Crippen LogP contribution in [0.2, 0.25) is 0 Å². The Balaban J connectivity index is 1.88. The summed E-state index contributed by atoms with van der Waals surface area (Å²) in [5.41, 5.74) is 4.01. The first-order valence-corrected chi connectivity index (χ1v) is 10.0. The molecule has 0 aliphatic carbocycles. The first kappa shape index (κ1) is 20.6. The Morgan fingerprint density at radius 1 is 1.07 bits per heavy atom. The highest BCUT2D eigenvalue weighted by Gasteiger charge is 2.16. The molecule has 0 fully saturated rings. The van der Waals surface area contributed by atoms with Gasteiger partial charge in [0.05, 0.1) is 11.4 Å². The standard InChI is InChI=1S/C25H26NO3/c1-4-5-9-25(29-21-14-15-24(28)17(2)16-21)23-8-6-7-22(26-23)20-12-10-19(11-13-20)18(3)27/h6-8,10-16,25H,4-5,9H2,1-3H3. The Morgan fingerprint density at radius 2 is 1.83 bits per heavy atom. The summed E-state index contributed by atoms with van der Waals surface area (Å²) >= 11 is 0. The summed E-state index contributed by atoms with van der Waals surface area (Å²) in [6.07, 6.45) is 2.73. The van der Waals surface area contributed by atoms with E-state index in [-0.39, 0.29) is 17.6 Å². The van der Waals surface area contributed by atoms with Crippen LogP contribution in [0.5, 0.6) is 11.5 Å². The topological polar surface area (TPSA) is 59.1 Å². The van der Waals surface area contributed by atoms with Crippen molar-refractivity contribution in [2.24, 2.45) is 0 Å². The van der Waals surface area contributed by atoms with E-state index in [2.05, 4.69) is 6.92 Å². The van der Waals surface area contributed by atoms with Crippen LogP contribution in [0.4, 0.5) is 0 Å². The second-order valence-corrected chi connectivity index (χ2v) is 7.26. The van der Waals surface area contributed by atoms with Gasteiger partial charge in [0.2, 0.25) is 0 Å². The number of carbonyl (C=O) groups is 1. The van der Waals surface area contributed by atoms with Crippen molar-refractivity contribution in [2.75, 3.05) is 0 Å². The van der Waals surface area contributed by atoms with Gasteiger partial charge in [0, 0.05) is 16.7 Å². The van der Waals surface area contributed by atoms with Gasteiger partial charge in [-0.2, -0.15) is 0 Å². The molecule has 0 saturated carbocycles. The minimum absolute atomic E-state index is 0.0107. The Hall–Kier alpha value is -3.14. The molecular weight excluding hydrogens is 362 g/mol. The lowest BCUT2D eigenvalue weighted by molar-refractivity contribution is 0.101. The third kappa shape index (κ3) is 5.23. The zero-order valence-corrected chi connectivity index (χ0v) is 17.1. The minimum Gasteiger partial charge on any atom is -0.484 e. The van der Waals surface area contributed by atoms with Gasteiger partial charge in [-0.1, -0.05) is 43.7 Å². The number of hydrogen-bond donors (Lipinski definition) is 0. The predicted molar refractivity (Wildman–Crippen MR) is 114 cm³/mol. The Labute approximate surface area is 172 Å². The highest BCUT2D eigenvalue weighted by Crippen LogP contribution is 2.30. The summed E-state index contributed by atoms with van der Waals surface area (Å²) in [6, 6.07) is 18.4. The molecule has 1 unspecified atom stereocenters. The number of aromatic nitrogens is 1. The molecule has 29 heavy (non-hydrogen) atoms. The van der Waals surface area contributed by atoms with Gasteiger partial charge in [0.1, 0.15) is 11.9 Å². The van der Waals surface area contributed by atoms with Gasteiger partial charge in [-0.25, -0.2) is 4.98 Å². The van der Waals surface area contributed by atoms with Crippen LogP contribution in [0.15, 0.2) is 60.7 Å². The number of rotatable bonds is 8. The predicted octanol–water partition coefficient (Wildman–Crippen LogP) is 6.71. The third-order valence-corrected chi connectivity index (χ3v) is 4.93. The third-order valence-electron chi connectivity index (χ3n) is 4.93. The van der Waals surface area contributed by atoms with Crippen molar-refractivity contribution in [3.8, 4) is 22.8 Å². The van der Waals surface area contributed by atoms with E-state index in [0.29, 0.717) is 16.9 Å². The van der Waals surface area contributed by atoms with Crippen LogP contribution in [0.1, 0.15) is 60.8 Å². The van der Waals surface area contributed by atoms with Gasteiger partial charge < -0.3 is 4.74 Å². The van der Waals surface area contributed by atoms with E-state index in [1.54, 1.807) is 32.0 Å². The average Bonchev–Trinajstić information content (AvgIpc) is 2.74. The summed E-state index contributed by atoms with van der Waals surface area (Å²) < 4.78 is 6.23. The molecular formula is C25H26NO3. The average molecular weight is 388 g/mol. The van der Waals surface area contributed by atoms with Crippen molar-refractivity contribution in [3.63, 3.8) is 0 Å². The fourth-order valence-corrected chi connectivity index (χ4v) is 3.18. The SMILES string of the molecule is CCCCC(Oc1ccc([O])c(C)c1)c1cccc(-c2ccc(C(C)=O)cc2)n1. The van der Waals surface area contributed by atoms with Crippen molar-refractivity contribution >= 4 is 5.78 Å². The summed E-state index contributed by atoms with van der Waals surface area (Å²) in [7, 11) is 0. The van der Waals surface area contributed by atoms with Crippen molar-refractivity contribution in [1.29, 1.82) is 0 Å². The van der Waals surface area contributed by atoms with Crippen molar-refractivity contribution in [3.05, 3.63) is 77.5 Å². The molecule has 1 heterocycles. The first-order chi connectivity index (χ1) is 14.0. The molecule has 4 nitrogen and oxygen atoms in total. The number of ether oxygens (including phenoxy) is 1. The lowest BCUT2D eigenvalue weighted by Crippen LogP contribution is -2.10. The van der Waals surface area contributed by atoms with E-state index >= 15 is 0 Å². The molecule has 1 radical (unpaired) electrons. The highest BCUT2D eigenvalue weighted by atomic mass is 16.5. The zero-order chi connectivity index (χ0) is 20.8. The molecule has 4 heteroatoms. The molecule has 0 bridgehead atoms. The summed E-state index contributed by atoms with van der Waals surface area (Å²) in [5, 5.41) is 11.7. The monoisotopic (exact) mass is 388 g/mol. The number of unbranched alkanes of at least 4 members (excludes halogenated alkanes) is 1. The number of ketones is 1. The molecule has 0 aliphatic rings. The normalized spacial score (nSPS) is 11.8. The maximum atomic E-state index is 11.7. The molecule has 0 spiro atoms. The molecule has 1 aromatic heterocycles. The number of Topliss-reactive ketones (excluding diaryl/α,β-unsaturated/α-hetero) is 1. The van der Waals surface area contributed by atoms with Crippen LogP contribution >= 0.6 is 0 Å². The molecule has 3 rings (SSSR count). The van der Waals surface area contributed by atoms with E-state index in [1.807, 2.05) is 42.5 Å². The Kier molecular flexibility index (Phi) is 6.65. The van der Waals surface area contributed by atoms with E-state index in [1.165, 1.54) is 0 Å². The van der Waals surface area contributed by atoms with Crippen molar-refractivity contribution in [1.82, 2.24) is 4.98 Å². The van der Waals surface area contributed by atoms with Crippen LogP contribution in [0.3, 0.4) is 0 Å². The second-order valence-electron chi connectivity index (χ2n) is 7.26. The fraction of sp³-hybridized carbons (Fsp3) is 0.280. The van der Waals surface area contributed by atoms with Crippen LogP contribution in [-0.2, 0) is 5.11 Å². The van der Waals surface area contributed by atoms with E-state index < -0.39 is 0 Å². The van der Waals surface area contributed by atoms with E-state index in [9.17, 15) is 9.90 Å². The van der Waals surface area contributed by atoms with Crippen molar-refractivity contribution < 1.29 is 14.6 Å². The Morgan fingerprint density at radius 3 is 2.48 bits per heavy atom. The summed E-state index contributed by atoms with van der Waals surface area (Å²) in [6.45, 7) is 5.50. The molecule has 0 N–H and O–H groups in total. The molecule has 0 saturated heterocycles. The number of nitrogens with zero attached hydrogens (tertiary/aromatic N) is 1. The van der Waals surface area contributed by atoms with E-state index in [0.717, 1.165) is 36.2 Å². The minimum atomic E-state index is -0.191. The summed E-state index contributed by atoms with van der Waals surface area (Å²) in [4.78, 5) is 16.3. The smallest absolute Gasteiger partial charge is 0.181 e. The molecule has 0 aliphatic heterocycles. The molecule has 149 valence electrons. The van der Waals surface area contributed by atoms with Crippen LogP contribution in [0, 0.1) is 6.92 Å².